The van der Waals surface area contributed by atoms with Crippen LogP contribution in [0.5, 0.6) is 0 Å². The van der Waals surface area contributed by atoms with E-state index in [0.29, 0.717) is 11.8 Å². The SMILES string of the molecule is COCCN1C[C@H]2CC[C@@]3(N=C(C)N(C)C3=O)[C@H]2C1. The Hall–Kier alpha value is -0.940. The molecule has 106 valence electrons. The van der Waals surface area contributed by atoms with Crippen LogP contribution < -0.4 is 0 Å². The molecular formula is C14H23N3O2. The summed E-state index contributed by atoms with van der Waals surface area (Å²) in [6, 6.07) is 0. The molecule has 0 radical (unpaired) electrons. The molecule has 0 aromatic carbocycles. The van der Waals surface area contributed by atoms with Crippen LogP contribution in [0.1, 0.15) is 19.8 Å². The van der Waals surface area contributed by atoms with E-state index in [1.807, 2.05) is 14.0 Å². The third kappa shape index (κ3) is 1.82. The average molecular weight is 265 g/mol. The summed E-state index contributed by atoms with van der Waals surface area (Å²) < 4.78 is 5.15. The van der Waals surface area contributed by atoms with E-state index < -0.39 is 5.54 Å². The van der Waals surface area contributed by atoms with Gasteiger partial charge in [-0.25, -0.2) is 0 Å². The van der Waals surface area contributed by atoms with E-state index in [1.165, 1.54) is 0 Å². The van der Waals surface area contributed by atoms with Crippen LogP contribution in [0.3, 0.4) is 0 Å². The van der Waals surface area contributed by atoms with Gasteiger partial charge >= 0.3 is 0 Å². The molecule has 5 heteroatoms. The number of ether oxygens (including phenoxy) is 1. The minimum absolute atomic E-state index is 0.214. The first-order valence-electron chi connectivity index (χ1n) is 7.14. The third-order valence-electron chi connectivity index (χ3n) is 5.16. The van der Waals surface area contributed by atoms with Gasteiger partial charge in [0.2, 0.25) is 0 Å². The van der Waals surface area contributed by atoms with E-state index in [1.54, 1.807) is 12.0 Å². The van der Waals surface area contributed by atoms with Crippen molar-refractivity contribution < 1.29 is 9.53 Å². The van der Waals surface area contributed by atoms with Crippen LogP contribution in [0.25, 0.3) is 0 Å². The van der Waals surface area contributed by atoms with E-state index in [0.717, 1.165) is 44.9 Å². The van der Waals surface area contributed by atoms with Crippen molar-refractivity contribution in [3.8, 4) is 0 Å². The zero-order valence-corrected chi connectivity index (χ0v) is 12.1. The number of likely N-dealkylation sites (tertiary alicyclic amines) is 1. The normalized spacial score (nSPS) is 38.4. The van der Waals surface area contributed by atoms with Crippen LogP contribution in [0, 0.1) is 11.8 Å². The molecule has 3 atom stereocenters. The van der Waals surface area contributed by atoms with Crippen molar-refractivity contribution in [2.75, 3.05) is 40.4 Å². The summed E-state index contributed by atoms with van der Waals surface area (Å²) in [5.41, 5.74) is -0.439. The van der Waals surface area contributed by atoms with Gasteiger partial charge in [-0.05, 0) is 25.7 Å². The van der Waals surface area contributed by atoms with Crippen LogP contribution in [-0.4, -0.2) is 67.5 Å². The van der Waals surface area contributed by atoms with Gasteiger partial charge in [0.1, 0.15) is 11.4 Å². The number of methoxy groups -OCH3 is 1. The number of likely N-dealkylation sites (N-methyl/N-ethyl adjacent to an activating group) is 1. The number of carbonyl (C=O) groups is 1. The molecule has 0 aromatic heterocycles. The smallest absolute Gasteiger partial charge is 0.255 e. The van der Waals surface area contributed by atoms with Crippen LogP contribution in [0.15, 0.2) is 4.99 Å². The van der Waals surface area contributed by atoms with E-state index in [-0.39, 0.29) is 5.91 Å². The first-order chi connectivity index (χ1) is 9.08. The Balaban J connectivity index is 1.78. The molecule has 2 heterocycles. The second-order valence-electron chi connectivity index (χ2n) is 6.11. The van der Waals surface area contributed by atoms with Gasteiger partial charge in [-0.15, -0.1) is 0 Å². The average Bonchev–Trinajstić information content (AvgIpc) is 3.00. The first kappa shape index (κ1) is 13.1. The minimum Gasteiger partial charge on any atom is -0.383 e. The molecule has 1 aliphatic carbocycles. The second-order valence-corrected chi connectivity index (χ2v) is 6.11. The Bertz CT molecular complexity index is 423. The summed E-state index contributed by atoms with van der Waals surface area (Å²) in [6.45, 7) is 5.76. The molecule has 2 aliphatic heterocycles. The third-order valence-corrected chi connectivity index (χ3v) is 5.16. The monoisotopic (exact) mass is 265 g/mol. The van der Waals surface area contributed by atoms with Crippen molar-refractivity contribution >= 4 is 11.7 Å². The number of nitrogens with zero attached hydrogens (tertiary/aromatic N) is 3. The minimum atomic E-state index is -0.439. The molecule has 5 nitrogen and oxygen atoms in total. The molecule has 0 N–H and O–H groups in total. The Morgan fingerprint density at radius 1 is 1.47 bits per heavy atom. The Kier molecular flexibility index (Phi) is 3.14. The largest absolute Gasteiger partial charge is 0.383 e. The standard InChI is InChI=1S/C14H23N3O2/c1-10-15-14(13(18)16(10)2)5-4-11-8-17(6-7-19-3)9-12(11)14/h11-12H,4-9H2,1-3H3/t11-,12+,14-/m1/s1. The van der Waals surface area contributed by atoms with Gasteiger partial charge in [-0.2, -0.15) is 0 Å². The van der Waals surface area contributed by atoms with Crippen LogP contribution in [-0.2, 0) is 9.53 Å². The lowest BCUT2D eigenvalue weighted by Gasteiger charge is -2.27. The molecule has 1 saturated carbocycles. The lowest BCUT2D eigenvalue weighted by atomic mass is 9.85. The molecule has 1 spiro atoms. The predicted octanol–water partition coefficient (Wildman–Crippen LogP) is 0.604. The van der Waals surface area contributed by atoms with E-state index in [2.05, 4.69) is 4.90 Å². The summed E-state index contributed by atoms with van der Waals surface area (Å²) in [6.07, 6.45) is 2.06. The molecule has 19 heavy (non-hydrogen) atoms. The Morgan fingerprint density at radius 2 is 2.26 bits per heavy atom. The predicted molar refractivity (Wildman–Crippen MR) is 73.1 cm³/mol. The van der Waals surface area contributed by atoms with E-state index in [9.17, 15) is 4.79 Å². The zero-order valence-electron chi connectivity index (χ0n) is 12.1. The van der Waals surface area contributed by atoms with Gasteiger partial charge in [0, 0.05) is 39.7 Å². The first-order valence-corrected chi connectivity index (χ1v) is 7.14. The van der Waals surface area contributed by atoms with Crippen molar-refractivity contribution in [1.29, 1.82) is 0 Å². The molecular weight excluding hydrogens is 242 g/mol. The summed E-state index contributed by atoms with van der Waals surface area (Å²) >= 11 is 0. The summed E-state index contributed by atoms with van der Waals surface area (Å²) in [4.78, 5) is 21.5. The number of amidine groups is 1. The summed E-state index contributed by atoms with van der Waals surface area (Å²) in [5, 5.41) is 0. The number of amides is 1. The molecule has 1 amide bonds. The summed E-state index contributed by atoms with van der Waals surface area (Å²) in [7, 11) is 3.59. The molecule has 2 fully saturated rings. The maximum Gasteiger partial charge on any atom is 0.255 e. The highest BCUT2D eigenvalue weighted by molar-refractivity contribution is 6.07. The fourth-order valence-corrected chi connectivity index (χ4v) is 4.04. The second kappa shape index (κ2) is 4.56. The van der Waals surface area contributed by atoms with Crippen molar-refractivity contribution in [2.45, 2.75) is 25.3 Å². The molecule has 0 bridgehead atoms. The van der Waals surface area contributed by atoms with E-state index >= 15 is 0 Å². The van der Waals surface area contributed by atoms with Crippen molar-refractivity contribution in [3.63, 3.8) is 0 Å². The molecule has 3 aliphatic rings. The quantitative estimate of drug-likeness (QED) is 0.751. The number of aliphatic imine (C=N–C) groups is 1. The number of carbonyl (C=O) groups excluding carboxylic acids is 1. The molecule has 0 aromatic rings. The van der Waals surface area contributed by atoms with Gasteiger partial charge in [-0.3, -0.25) is 9.79 Å². The maximum atomic E-state index is 12.6. The van der Waals surface area contributed by atoms with Crippen molar-refractivity contribution in [1.82, 2.24) is 9.80 Å². The Morgan fingerprint density at radius 3 is 2.89 bits per heavy atom. The highest BCUT2D eigenvalue weighted by atomic mass is 16.5. The highest BCUT2D eigenvalue weighted by Gasteiger charge is 2.59. The van der Waals surface area contributed by atoms with Crippen LogP contribution >= 0.6 is 0 Å². The molecule has 0 unspecified atom stereocenters. The van der Waals surface area contributed by atoms with Crippen LogP contribution in [0.4, 0.5) is 0 Å². The lowest BCUT2D eigenvalue weighted by molar-refractivity contribution is -0.131. The maximum absolute atomic E-state index is 12.6. The number of hydrogen-bond acceptors (Lipinski definition) is 4. The van der Waals surface area contributed by atoms with Crippen LogP contribution in [0.2, 0.25) is 0 Å². The van der Waals surface area contributed by atoms with Crippen molar-refractivity contribution in [3.05, 3.63) is 0 Å². The number of hydrogen-bond donors (Lipinski definition) is 0. The van der Waals surface area contributed by atoms with Gasteiger partial charge in [0.15, 0.2) is 0 Å². The van der Waals surface area contributed by atoms with Gasteiger partial charge in [0.25, 0.3) is 5.91 Å². The topological polar surface area (TPSA) is 45.1 Å². The fourth-order valence-electron chi connectivity index (χ4n) is 4.04. The van der Waals surface area contributed by atoms with Gasteiger partial charge < -0.3 is 14.5 Å². The zero-order chi connectivity index (χ0) is 13.6. The molecule has 1 saturated heterocycles. The number of fused-ring (bicyclic) bond motifs is 2. The van der Waals surface area contributed by atoms with Gasteiger partial charge in [-0.1, -0.05) is 0 Å². The summed E-state index contributed by atoms with van der Waals surface area (Å²) in [5.74, 6) is 2.12. The fraction of sp³-hybridized carbons (Fsp3) is 0.857. The highest BCUT2D eigenvalue weighted by Crippen LogP contribution is 2.49. The van der Waals surface area contributed by atoms with Gasteiger partial charge in [0.05, 0.1) is 6.61 Å². The Labute approximate surface area is 114 Å². The van der Waals surface area contributed by atoms with E-state index in [4.69, 9.17) is 9.73 Å². The molecule has 3 rings (SSSR count). The number of rotatable bonds is 3. The lowest BCUT2D eigenvalue weighted by Crippen LogP contribution is -2.45. The van der Waals surface area contributed by atoms with Crippen molar-refractivity contribution in [2.24, 2.45) is 16.8 Å².